The van der Waals surface area contributed by atoms with Crippen molar-refractivity contribution in [2.45, 2.75) is 45.6 Å². The minimum Gasteiger partial charge on any atom is -0.408 e. The lowest BCUT2D eigenvalue weighted by Gasteiger charge is -2.34. The van der Waals surface area contributed by atoms with Crippen LogP contribution >= 0.6 is 0 Å². The van der Waals surface area contributed by atoms with E-state index in [9.17, 15) is 18.0 Å². The molecule has 2 heterocycles. The summed E-state index contributed by atoms with van der Waals surface area (Å²) in [5, 5.41) is 2.85. The van der Waals surface area contributed by atoms with Crippen LogP contribution in [-0.2, 0) is 21.4 Å². The first kappa shape index (κ1) is 23.3. The maximum Gasteiger partial charge on any atom is 0.420 e. The molecule has 0 unspecified atom stereocenters. The second-order valence-corrected chi connectivity index (χ2v) is 11.1. The maximum absolute atomic E-state index is 13.2. The molecule has 1 amide bonds. The zero-order valence-corrected chi connectivity index (χ0v) is 20.1. The van der Waals surface area contributed by atoms with Crippen LogP contribution < -0.4 is 11.1 Å². The van der Waals surface area contributed by atoms with E-state index in [0.717, 1.165) is 17.5 Å². The van der Waals surface area contributed by atoms with Gasteiger partial charge in [0.15, 0.2) is 5.58 Å². The van der Waals surface area contributed by atoms with Gasteiger partial charge in [-0.05, 0) is 55.4 Å². The number of sulfonamides is 1. The molecule has 1 aliphatic rings. The second kappa shape index (κ2) is 8.79. The fraction of sp³-hybridized carbons (Fsp3) is 0.417. The minimum absolute atomic E-state index is 0.0807. The van der Waals surface area contributed by atoms with Crippen molar-refractivity contribution in [3.63, 3.8) is 0 Å². The SMILES string of the molecule is Cc1cccc(C)c1NC(=O)Cn1c(=O)oc2cc(S(=O)(=O)N3C[C@H](C)C[C@H](C)C3)ccc21. The Bertz CT molecular complexity index is 1340. The number of oxazole rings is 1. The van der Waals surface area contributed by atoms with E-state index in [2.05, 4.69) is 5.32 Å². The summed E-state index contributed by atoms with van der Waals surface area (Å²) in [6, 6.07) is 10.1. The molecular weight excluding hydrogens is 442 g/mol. The van der Waals surface area contributed by atoms with Crippen LogP contribution in [0.5, 0.6) is 0 Å². The first-order valence-corrected chi connectivity index (χ1v) is 12.5. The number of hydrogen-bond acceptors (Lipinski definition) is 5. The fourth-order valence-electron chi connectivity index (χ4n) is 4.64. The van der Waals surface area contributed by atoms with E-state index in [1.807, 2.05) is 45.9 Å². The van der Waals surface area contributed by atoms with Crippen molar-refractivity contribution in [3.8, 4) is 0 Å². The topological polar surface area (TPSA) is 102 Å². The number of rotatable bonds is 5. The first-order chi connectivity index (χ1) is 15.6. The Kier molecular flexibility index (Phi) is 6.20. The van der Waals surface area contributed by atoms with Gasteiger partial charge < -0.3 is 9.73 Å². The third kappa shape index (κ3) is 4.60. The number of para-hydroxylation sites is 1. The molecule has 33 heavy (non-hydrogen) atoms. The molecule has 8 nitrogen and oxygen atoms in total. The number of piperidine rings is 1. The van der Waals surface area contributed by atoms with Crippen molar-refractivity contribution in [2.75, 3.05) is 18.4 Å². The summed E-state index contributed by atoms with van der Waals surface area (Å²) in [6.07, 6.45) is 0.993. The van der Waals surface area contributed by atoms with Crippen molar-refractivity contribution in [1.82, 2.24) is 8.87 Å². The number of amides is 1. The molecule has 0 radical (unpaired) electrons. The number of anilines is 1. The predicted octanol–water partition coefficient (Wildman–Crippen LogP) is 3.52. The number of fused-ring (bicyclic) bond motifs is 1. The molecule has 1 aliphatic heterocycles. The highest BCUT2D eigenvalue weighted by Gasteiger charge is 2.32. The number of benzene rings is 2. The van der Waals surface area contributed by atoms with Gasteiger partial charge in [-0.1, -0.05) is 32.0 Å². The molecule has 1 aromatic heterocycles. The van der Waals surface area contributed by atoms with Crippen LogP contribution in [0.2, 0.25) is 0 Å². The Balaban J connectivity index is 1.60. The molecule has 0 aliphatic carbocycles. The molecule has 2 atom stereocenters. The van der Waals surface area contributed by atoms with Crippen molar-refractivity contribution in [1.29, 1.82) is 0 Å². The Morgan fingerprint density at radius 2 is 1.73 bits per heavy atom. The molecule has 176 valence electrons. The van der Waals surface area contributed by atoms with Crippen LogP contribution in [-0.4, -0.2) is 36.3 Å². The maximum atomic E-state index is 13.2. The number of nitrogens with one attached hydrogen (secondary N) is 1. The van der Waals surface area contributed by atoms with Gasteiger partial charge in [-0.15, -0.1) is 0 Å². The summed E-state index contributed by atoms with van der Waals surface area (Å²) >= 11 is 0. The molecule has 1 saturated heterocycles. The van der Waals surface area contributed by atoms with E-state index in [1.165, 1.54) is 27.1 Å². The molecule has 9 heteroatoms. The summed E-state index contributed by atoms with van der Waals surface area (Å²) in [4.78, 5) is 25.2. The quantitative estimate of drug-likeness (QED) is 0.614. The Labute approximate surface area is 193 Å². The number of carbonyl (C=O) groups excluding carboxylic acids is 1. The highest BCUT2D eigenvalue weighted by molar-refractivity contribution is 7.89. The third-order valence-corrected chi connectivity index (χ3v) is 7.99. The van der Waals surface area contributed by atoms with Gasteiger partial charge in [0.05, 0.1) is 10.4 Å². The predicted molar refractivity (Wildman–Crippen MR) is 127 cm³/mol. The van der Waals surface area contributed by atoms with Crippen LogP contribution in [0.25, 0.3) is 11.1 Å². The van der Waals surface area contributed by atoms with Gasteiger partial charge in [0.1, 0.15) is 6.54 Å². The van der Waals surface area contributed by atoms with Gasteiger partial charge in [0.2, 0.25) is 15.9 Å². The van der Waals surface area contributed by atoms with Crippen LogP contribution in [0.3, 0.4) is 0 Å². The largest absolute Gasteiger partial charge is 0.420 e. The van der Waals surface area contributed by atoms with Crippen LogP contribution in [0.4, 0.5) is 5.69 Å². The molecule has 4 rings (SSSR count). The van der Waals surface area contributed by atoms with Crippen molar-refractivity contribution >= 4 is 32.7 Å². The zero-order valence-electron chi connectivity index (χ0n) is 19.3. The summed E-state index contributed by atoms with van der Waals surface area (Å²) in [5.41, 5.74) is 3.06. The standard InChI is InChI=1S/C24H29N3O5S/c1-15-10-16(2)13-26(12-15)33(30,31)19-8-9-20-21(11-19)32-24(29)27(20)14-22(28)25-23-17(3)6-5-7-18(23)4/h5-9,11,15-16H,10,12-14H2,1-4H3,(H,25,28)/t15-,16+. The lowest BCUT2D eigenvalue weighted by molar-refractivity contribution is -0.116. The van der Waals surface area contributed by atoms with Gasteiger partial charge in [-0.25, -0.2) is 13.2 Å². The number of aryl methyl sites for hydroxylation is 2. The zero-order chi connectivity index (χ0) is 23.9. The number of nitrogens with zero attached hydrogens (tertiary/aromatic N) is 2. The van der Waals surface area contributed by atoms with Gasteiger partial charge in [0, 0.05) is 24.8 Å². The second-order valence-electron chi connectivity index (χ2n) is 9.17. The summed E-state index contributed by atoms with van der Waals surface area (Å²) in [5.74, 6) is -0.523. The van der Waals surface area contributed by atoms with Crippen molar-refractivity contribution in [2.24, 2.45) is 11.8 Å². The van der Waals surface area contributed by atoms with E-state index >= 15 is 0 Å². The van der Waals surface area contributed by atoms with E-state index in [4.69, 9.17) is 4.42 Å². The van der Waals surface area contributed by atoms with Crippen LogP contribution in [0.15, 0.2) is 50.5 Å². The highest BCUT2D eigenvalue weighted by Crippen LogP contribution is 2.28. The molecule has 0 saturated carbocycles. The van der Waals surface area contributed by atoms with E-state index < -0.39 is 15.8 Å². The number of carbonyl (C=O) groups is 1. The molecule has 0 spiro atoms. The van der Waals surface area contributed by atoms with E-state index in [-0.39, 0.29) is 34.8 Å². The molecule has 3 aromatic rings. The normalized spacial score (nSPS) is 19.6. The smallest absolute Gasteiger partial charge is 0.408 e. The average Bonchev–Trinajstić information content (AvgIpc) is 3.04. The van der Waals surface area contributed by atoms with Gasteiger partial charge in [0.25, 0.3) is 0 Å². The lowest BCUT2D eigenvalue weighted by Crippen LogP contribution is -2.42. The van der Waals surface area contributed by atoms with Crippen LogP contribution in [0, 0.1) is 25.7 Å². The molecule has 1 fully saturated rings. The summed E-state index contributed by atoms with van der Waals surface area (Å²) in [6.45, 7) is 8.57. The summed E-state index contributed by atoms with van der Waals surface area (Å²) < 4.78 is 34.4. The third-order valence-electron chi connectivity index (χ3n) is 6.16. The number of aromatic nitrogens is 1. The van der Waals surface area contributed by atoms with Crippen LogP contribution in [0.1, 0.15) is 31.4 Å². The monoisotopic (exact) mass is 471 g/mol. The lowest BCUT2D eigenvalue weighted by atomic mass is 9.94. The molecule has 2 aromatic carbocycles. The van der Waals surface area contributed by atoms with Crippen molar-refractivity contribution < 1.29 is 17.6 Å². The van der Waals surface area contributed by atoms with Gasteiger partial charge in [-0.3, -0.25) is 9.36 Å². The Hall–Kier alpha value is -2.91. The molecular formula is C24H29N3O5S. The number of hydrogen-bond donors (Lipinski definition) is 1. The summed E-state index contributed by atoms with van der Waals surface area (Å²) in [7, 11) is -3.71. The van der Waals surface area contributed by atoms with Gasteiger partial charge >= 0.3 is 5.76 Å². The average molecular weight is 472 g/mol. The van der Waals surface area contributed by atoms with Crippen molar-refractivity contribution in [3.05, 3.63) is 58.1 Å². The molecule has 0 bridgehead atoms. The minimum atomic E-state index is -3.71. The fourth-order valence-corrected chi connectivity index (χ4v) is 6.34. The Morgan fingerprint density at radius 3 is 2.36 bits per heavy atom. The Morgan fingerprint density at radius 1 is 1.09 bits per heavy atom. The van der Waals surface area contributed by atoms with E-state index in [0.29, 0.717) is 24.3 Å². The van der Waals surface area contributed by atoms with Gasteiger partial charge in [-0.2, -0.15) is 4.31 Å². The molecule has 1 N–H and O–H groups in total. The van der Waals surface area contributed by atoms with E-state index in [1.54, 1.807) is 0 Å². The highest BCUT2D eigenvalue weighted by atomic mass is 32.2. The first-order valence-electron chi connectivity index (χ1n) is 11.1.